The SMILES string of the molecule is Cc1ccccc1-c1c2c(c(-c3ccccc3)c3ccccc13)-c1ccc3c4cccc5cccc(c6ccc-2c1c36)c54. The molecule has 0 amide bonds. The molecule has 1 aliphatic carbocycles. The highest BCUT2D eigenvalue weighted by Crippen LogP contribution is 2.59. The summed E-state index contributed by atoms with van der Waals surface area (Å²) in [6.45, 7) is 2.25. The lowest BCUT2D eigenvalue weighted by molar-refractivity contribution is 1.47. The van der Waals surface area contributed by atoms with Crippen LogP contribution in [-0.2, 0) is 0 Å². The average Bonchev–Trinajstić information content (AvgIpc) is 3.39. The van der Waals surface area contributed by atoms with Gasteiger partial charge in [-0.05, 0) is 111 Å². The van der Waals surface area contributed by atoms with Crippen molar-refractivity contribution in [3.05, 3.63) is 145 Å². The van der Waals surface area contributed by atoms with Crippen molar-refractivity contribution in [3.8, 4) is 44.5 Å². The molecule has 1 aliphatic rings. The molecule has 0 aliphatic heterocycles. The van der Waals surface area contributed by atoms with Crippen molar-refractivity contribution < 1.29 is 0 Å². The molecule has 0 N–H and O–H groups in total. The second-order valence-electron chi connectivity index (χ2n) is 12.0. The van der Waals surface area contributed by atoms with Crippen molar-refractivity contribution >= 4 is 53.9 Å². The Kier molecular flexibility index (Phi) is 4.47. The van der Waals surface area contributed by atoms with Gasteiger partial charge in [0.15, 0.2) is 0 Å². The third-order valence-electron chi connectivity index (χ3n) is 9.88. The van der Waals surface area contributed by atoms with Crippen LogP contribution >= 0.6 is 0 Å². The van der Waals surface area contributed by atoms with E-state index in [0.29, 0.717) is 0 Å². The molecule has 9 aromatic rings. The lowest BCUT2D eigenvalue weighted by Gasteiger charge is -2.21. The van der Waals surface area contributed by atoms with E-state index in [9.17, 15) is 0 Å². The first-order chi connectivity index (χ1) is 21.3. The van der Waals surface area contributed by atoms with E-state index in [1.54, 1.807) is 0 Å². The number of hydrogen-bond donors (Lipinski definition) is 0. The summed E-state index contributed by atoms with van der Waals surface area (Å²) in [5, 5.41) is 13.4. The Bertz CT molecular complexity index is 2550. The van der Waals surface area contributed by atoms with E-state index in [-0.39, 0.29) is 0 Å². The molecule has 9 aromatic carbocycles. The lowest BCUT2D eigenvalue weighted by Crippen LogP contribution is -1.94. The molecule has 0 saturated carbocycles. The zero-order valence-corrected chi connectivity index (χ0v) is 23.8. The monoisotopic (exact) mass is 542 g/mol. The molecule has 0 bridgehead atoms. The maximum Gasteiger partial charge on any atom is -0.000730 e. The van der Waals surface area contributed by atoms with Gasteiger partial charge in [0.05, 0.1) is 0 Å². The third-order valence-corrected chi connectivity index (χ3v) is 9.88. The Morgan fingerprint density at radius 1 is 0.302 bits per heavy atom. The van der Waals surface area contributed by atoms with Crippen LogP contribution in [0.4, 0.5) is 0 Å². The van der Waals surface area contributed by atoms with Crippen LogP contribution in [0.15, 0.2) is 140 Å². The smallest absolute Gasteiger partial charge is 0.000730 e. The van der Waals surface area contributed by atoms with E-state index in [2.05, 4.69) is 146 Å². The minimum Gasteiger partial charge on any atom is -0.0622 e. The molecule has 0 spiro atoms. The molecule has 0 saturated heterocycles. The van der Waals surface area contributed by atoms with Crippen LogP contribution in [0, 0.1) is 6.92 Å². The fraction of sp³-hybridized carbons (Fsp3) is 0.0233. The van der Waals surface area contributed by atoms with Crippen molar-refractivity contribution in [2.75, 3.05) is 0 Å². The molecular formula is C43H26. The topological polar surface area (TPSA) is 0 Å². The summed E-state index contributed by atoms with van der Waals surface area (Å²) in [7, 11) is 0. The summed E-state index contributed by atoms with van der Waals surface area (Å²) in [6, 6.07) is 52.0. The Hall–Kier alpha value is -5.46. The van der Waals surface area contributed by atoms with Crippen LogP contribution in [-0.4, -0.2) is 0 Å². The maximum atomic E-state index is 2.41. The van der Waals surface area contributed by atoms with Gasteiger partial charge in [-0.3, -0.25) is 0 Å². The first-order valence-corrected chi connectivity index (χ1v) is 15.1. The number of benzene rings is 9. The van der Waals surface area contributed by atoms with Gasteiger partial charge >= 0.3 is 0 Å². The Morgan fingerprint density at radius 3 is 1.51 bits per heavy atom. The molecule has 0 radical (unpaired) electrons. The van der Waals surface area contributed by atoms with E-state index in [1.807, 2.05) is 0 Å². The minimum absolute atomic E-state index is 1.26. The number of hydrogen-bond acceptors (Lipinski definition) is 0. The molecule has 198 valence electrons. The molecular weight excluding hydrogens is 516 g/mol. The Morgan fingerprint density at radius 2 is 0.837 bits per heavy atom. The van der Waals surface area contributed by atoms with Gasteiger partial charge in [-0.1, -0.05) is 140 Å². The largest absolute Gasteiger partial charge is 0.0622 e. The van der Waals surface area contributed by atoms with Gasteiger partial charge in [-0.2, -0.15) is 0 Å². The van der Waals surface area contributed by atoms with E-state index >= 15 is 0 Å². The van der Waals surface area contributed by atoms with Crippen molar-refractivity contribution in [1.82, 2.24) is 0 Å². The molecule has 0 aromatic heterocycles. The molecule has 43 heavy (non-hydrogen) atoms. The highest BCUT2D eigenvalue weighted by atomic mass is 14.3. The van der Waals surface area contributed by atoms with E-state index in [1.165, 1.54) is 104 Å². The second kappa shape index (κ2) is 8.31. The van der Waals surface area contributed by atoms with Gasteiger partial charge in [0.1, 0.15) is 0 Å². The van der Waals surface area contributed by atoms with Crippen molar-refractivity contribution in [2.45, 2.75) is 6.92 Å². The number of aryl methyl sites for hydroxylation is 1. The molecule has 0 fully saturated rings. The van der Waals surface area contributed by atoms with Crippen molar-refractivity contribution in [2.24, 2.45) is 0 Å². The highest BCUT2D eigenvalue weighted by molar-refractivity contribution is 6.39. The fourth-order valence-electron chi connectivity index (χ4n) is 8.17. The normalized spacial score (nSPS) is 12.3. The zero-order valence-electron chi connectivity index (χ0n) is 23.8. The van der Waals surface area contributed by atoms with Gasteiger partial charge < -0.3 is 0 Å². The fourth-order valence-corrected chi connectivity index (χ4v) is 8.17. The predicted octanol–water partition coefficient (Wildman–Crippen LogP) is 12.2. The first kappa shape index (κ1) is 23.1. The van der Waals surface area contributed by atoms with Gasteiger partial charge in [0, 0.05) is 0 Å². The van der Waals surface area contributed by atoms with Gasteiger partial charge in [0.2, 0.25) is 0 Å². The van der Waals surface area contributed by atoms with Crippen LogP contribution in [0.1, 0.15) is 5.56 Å². The van der Waals surface area contributed by atoms with Gasteiger partial charge in [-0.25, -0.2) is 0 Å². The van der Waals surface area contributed by atoms with Crippen LogP contribution in [0.5, 0.6) is 0 Å². The average molecular weight is 543 g/mol. The van der Waals surface area contributed by atoms with Crippen LogP contribution in [0.25, 0.3) is 98.4 Å². The molecule has 0 nitrogen and oxygen atoms in total. The second-order valence-corrected chi connectivity index (χ2v) is 12.0. The van der Waals surface area contributed by atoms with Crippen LogP contribution in [0.3, 0.4) is 0 Å². The van der Waals surface area contributed by atoms with E-state index in [4.69, 9.17) is 0 Å². The zero-order chi connectivity index (χ0) is 28.2. The van der Waals surface area contributed by atoms with Crippen molar-refractivity contribution in [1.29, 1.82) is 0 Å². The maximum absolute atomic E-state index is 2.41. The highest BCUT2D eigenvalue weighted by Gasteiger charge is 2.32. The summed E-state index contributed by atoms with van der Waals surface area (Å²) in [5.74, 6) is 0. The minimum atomic E-state index is 1.26. The Balaban J connectivity index is 1.48. The summed E-state index contributed by atoms with van der Waals surface area (Å²) in [4.78, 5) is 0. The van der Waals surface area contributed by atoms with Crippen molar-refractivity contribution in [3.63, 3.8) is 0 Å². The van der Waals surface area contributed by atoms with E-state index < -0.39 is 0 Å². The molecule has 10 rings (SSSR count). The predicted molar refractivity (Wildman–Crippen MR) is 185 cm³/mol. The Labute approximate surface area is 249 Å². The van der Waals surface area contributed by atoms with Crippen LogP contribution < -0.4 is 0 Å². The molecule has 0 unspecified atom stereocenters. The molecule has 0 heteroatoms. The first-order valence-electron chi connectivity index (χ1n) is 15.1. The molecule has 0 heterocycles. The number of rotatable bonds is 2. The lowest BCUT2D eigenvalue weighted by atomic mass is 9.82. The standard InChI is InChI=1S/C43H26/c1-25-11-5-6-16-28(25)39-32-18-8-7-17-31(32)38(27-12-3-2-4-13-27)42-35-23-21-33-29-19-9-14-26-15-10-20-30(37(26)29)34-22-24-36(43(39)42)41(35)40(33)34/h2-24H,1H3. The summed E-state index contributed by atoms with van der Waals surface area (Å²) < 4.78 is 0. The third kappa shape index (κ3) is 2.90. The summed E-state index contributed by atoms with van der Waals surface area (Å²) in [5.41, 5.74) is 12.0. The number of fused-ring (bicyclic) bond motifs is 6. The summed E-state index contributed by atoms with van der Waals surface area (Å²) in [6.07, 6.45) is 0. The van der Waals surface area contributed by atoms with E-state index in [0.717, 1.165) is 0 Å². The summed E-state index contributed by atoms with van der Waals surface area (Å²) >= 11 is 0. The quantitative estimate of drug-likeness (QED) is 0.150. The van der Waals surface area contributed by atoms with Gasteiger partial charge in [-0.15, -0.1) is 0 Å². The molecule has 0 atom stereocenters. The van der Waals surface area contributed by atoms with Gasteiger partial charge in [0.25, 0.3) is 0 Å². The van der Waals surface area contributed by atoms with Crippen LogP contribution in [0.2, 0.25) is 0 Å².